The summed E-state index contributed by atoms with van der Waals surface area (Å²) in [4.78, 5) is 10.9. The van der Waals surface area contributed by atoms with Crippen molar-refractivity contribution in [3.05, 3.63) is 0 Å². The van der Waals surface area contributed by atoms with Crippen LogP contribution in [0.3, 0.4) is 0 Å². The maximum atomic E-state index is 9.43. The van der Waals surface area contributed by atoms with Crippen LogP contribution in [-0.4, -0.2) is 44.6 Å². The van der Waals surface area contributed by atoms with E-state index < -0.39 is 10.1 Å². The van der Waals surface area contributed by atoms with Crippen molar-refractivity contribution in [3.8, 4) is 0 Å². The highest BCUT2D eigenvalue weighted by molar-refractivity contribution is 7.85. The van der Waals surface area contributed by atoms with E-state index in [-0.39, 0.29) is 0 Å². The highest BCUT2D eigenvalue weighted by Gasteiger charge is 1.81. The third-order valence-corrected chi connectivity index (χ3v) is 0.211. The van der Waals surface area contributed by atoms with Gasteiger partial charge in [-0.1, -0.05) is 0 Å². The van der Waals surface area contributed by atoms with Crippen LogP contribution < -0.4 is 0 Å². The molecule has 0 heterocycles. The van der Waals surface area contributed by atoms with Crippen LogP contribution in [0.2, 0.25) is 0 Å². The number of hydrogen-bond acceptors (Lipinski definition) is 3. The van der Waals surface area contributed by atoms with Crippen molar-refractivity contribution in [2.75, 3.05) is 20.4 Å². The molecule has 0 spiro atoms. The summed E-state index contributed by atoms with van der Waals surface area (Å²) in [5.74, 6) is 0. The predicted octanol–water partition coefficient (Wildman–Crippen LogP) is -0.792. The van der Waals surface area contributed by atoms with E-state index in [1.165, 1.54) is 4.90 Å². The number of rotatable bonds is 1. The number of hydrogen-bond donors (Lipinski definition) is 1. The largest absolute Gasteiger partial charge is 0.351 e. The van der Waals surface area contributed by atoms with Crippen LogP contribution in [-0.2, 0) is 14.9 Å². The Hall–Kier alpha value is -0.620. The van der Waals surface area contributed by atoms with Crippen LogP contribution in [0.4, 0.5) is 0 Å². The van der Waals surface area contributed by atoms with Crippen LogP contribution in [0.15, 0.2) is 0 Å². The van der Waals surface area contributed by atoms with Crippen molar-refractivity contribution in [2.45, 2.75) is 0 Å². The van der Waals surface area contributed by atoms with E-state index >= 15 is 0 Å². The normalized spacial score (nSPS) is 9.20. The molecule has 0 bridgehead atoms. The van der Waals surface area contributed by atoms with Gasteiger partial charge in [0.05, 0.1) is 6.26 Å². The molecule has 62 valence electrons. The molecule has 0 rings (SSSR count). The maximum Gasteiger partial charge on any atom is 0.261 e. The van der Waals surface area contributed by atoms with Crippen molar-refractivity contribution < 1.29 is 17.8 Å². The Labute approximate surface area is 60.4 Å². The highest BCUT2D eigenvalue weighted by Crippen LogP contribution is 1.60. The van der Waals surface area contributed by atoms with E-state index in [2.05, 4.69) is 0 Å². The molecule has 0 fully saturated rings. The number of carbonyl (C=O) groups excluding carboxylic acids is 1. The van der Waals surface area contributed by atoms with Crippen LogP contribution >= 0.6 is 0 Å². The third-order valence-electron chi connectivity index (χ3n) is 0.211. The van der Waals surface area contributed by atoms with Gasteiger partial charge in [-0.25, -0.2) is 0 Å². The second-order valence-electron chi connectivity index (χ2n) is 1.80. The summed E-state index contributed by atoms with van der Waals surface area (Å²) >= 11 is 0. The molecule has 5 nitrogen and oxygen atoms in total. The van der Waals surface area contributed by atoms with Gasteiger partial charge in [0.15, 0.2) is 0 Å². The first-order valence-corrected chi connectivity index (χ1v) is 4.16. The molecule has 0 aliphatic carbocycles. The Balaban J connectivity index is 0. The van der Waals surface area contributed by atoms with Crippen LogP contribution in [0.5, 0.6) is 0 Å². The minimum atomic E-state index is -3.67. The van der Waals surface area contributed by atoms with Crippen molar-refractivity contribution in [1.82, 2.24) is 4.90 Å². The SMILES string of the molecule is CN(C)C=O.CS(=O)(=O)O. The molecule has 0 aromatic rings. The Morgan fingerprint density at radius 2 is 1.50 bits per heavy atom. The van der Waals surface area contributed by atoms with Crippen LogP contribution in [0, 0.1) is 0 Å². The van der Waals surface area contributed by atoms with Crippen molar-refractivity contribution in [3.63, 3.8) is 0 Å². The van der Waals surface area contributed by atoms with Crippen molar-refractivity contribution >= 4 is 16.5 Å². The summed E-state index contributed by atoms with van der Waals surface area (Å²) < 4.78 is 25.9. The number of nitrogens with zero attached hydrogens (tertiary/aromatic N) is 1. The van der Waals surface area contributed by atoms with E-state index in [0.29, 0.717) is 6.26 Å². The van der Waals surface area contributed by atoms with Gasteiger partial charge in [0.1, 0.15) is 0 Å². The molecule has 0 radical (unpaired) electrons. The van der Waals surface area contributed by atoms with Gasteiger partial charge in [0.2, 0.25) is 6.41 Å². The molecule has 0 unspecified atom stereocenters. The number of amides is 1. The topological polar surface area (TPSA) is 74.7 Å². The van der Waals surface area contributed by atoms with Gasteiger partial charge in [-0.3, -0.25) is 9.35 Å². The van der Waals surface area contributed by atoms with E-state index in [1.54, 1.807) is 14.1 Å². The zero-order chi connectivity index (χ0) is 8.78. The fourth-order valence-corrected chi connectivity index (χ4v) is 0. The lowest BCUT2D eigenvalue weighted by Crippen LogP contribution is -2.06. The molecular weight excluding hydrogens is 158 g/mol. The van der Waals surface area contributed by atoms with E-state index in [4.69, 9.17) is 4.55 Å². The highest BCUT2D eigenvalue weighted by atomic mass is 32.2. The molecule has 0 aromatic heterocycles. The molecule has 1 amide bonds. The van der Waals surface area contributed by atoms with Gasteiger partial charge in [-0.05, 0) is 0 Å². The van der Waals surface area contributed by atoms with Crippen LogP contribution in [0.1, 0.15) is 0 Å². The Morgan fingerprint density at radius 3 is 1.50 bits per heavy atom. The average Bonchev–Trinajstić information content (AvgIpc) is 1.61. The zero-order valence-corrected chi connectivity index (χ0v) is 6.92. The quantitative estimate of drug-likeness (QED) is 0.412. The summed E-state index contributed by atoms with van der Waals surface area (Å²) in [6, 6.07) is 0. The van der Waals surface area contributed by atoms with Crippen molar-refractivity contribution in [2.24, 2.45) is 0 Å². The predicted molar refractivity (Wildman–Crippen MR) is 37.2 cm³/mol. The summed E-state index contributed by atoms with van der Waals surface area (Å²) in [5.41, 5.74) is 0. The molecule has 0 aliphatic heterocycles. The lowest BCUT2D eigenvalue weighted by Gasteiger charge is -1.93. The fourth-order valence-electron chi connectivity index (χ4n) is 0. The minimum absolute atomic E-state index is 0.715. The van der Waals surface area contributed by atoms with Crippen LogP contribution in [0.25, 0.3) is 0 Å². The van der Waals surface area contributed by atoms with Gasteiger partial charge in [0, 0.05) is 14.1 Å². The summed E-state index contributed by atoms with van der Waals surface area (Å²) in [6.45, 7) is 0. The van der Waals surface area contributed by atoms with E-state index in [1.807, 2.05) is 0 Å². The molecule has 0 saturated heterocycles. The van der Waals surface area contributed by atoms with Gasteiger partial charge >= 0.3 is 0 Å². The first-order valence-electron chi connectivity index (χ1n) is 2.31. The Morgan fingerprint density at radius 1 is 1.40 bits per heavy atom. The summed E-state index contributed by atoms with van der Waals surface area (Å²) in [5, 5.41) is 0. The molecular formula is C4H11NO4S. The van der Waals surface area contributed by atoms with Gasteiger partial charge in [-0.2, -0.15) is 8.42 Å². The summed E-state index contributed by atoms with van der Waals surface area (Å²) in [6.07, 6.45) is 1.47. The maximum absolute atomic E-state index is 9.43. The minimum Gasteiger partial charge on any atom is -0.351 e. The van der Waals surface area contributed by atoms with E-state index in [9.17, 15) is 13.2 Å². The first kappa shape index (κ1) is 12.1. The molecule has 0 saturated carbocycles. The molecule has 10 heavy (non-hydrogen) atoms. The van der Waals surface area contributed by atoms with Crippen molar-refractivity contribution in [1.29, 1.82) is 0 Å². The third kappa shape index (κ3) is 158. The fraction of sp³-hybridized carbons (Fsp3) is 0.750. The van der Waals surface area contributed by atoms with Gasteiger partial charge in [-0.15, -0.1) is 0 Å². The second kappa shape index (κ2) is 5.19. The van der Waals surface area contributed by atoms with Gasteiger partial charge in [0.25, 0.3) is 10.1 Å². The number of carbonyl (C=O) groups is 1. The Kier molecular flexibility index (Phi) is 6.27. The second-order valence-corrected chi connectivity index (χ2v) is 3.27. The molecule has 0 aromatic carbocycles. The lowest BCUT2D eigenvalue weighted by atomic mass is 11.0. The Bertz CT molecular complexity index is 164. The molecule has 6 heteroatoms. The molecule has 1 N–H and O–H groups in total. The monoisotopic (exact) mass is 169 g/mol. The average molecular weight is 169 g/mol. The standard InChI is InChI=1S/C3H7NO.CH4O3S/c1-4(2)3-5;1-5(2,3)4/h3H,1-2H3;1H3,(H,2,3,4). The smallest absolute Gasteiger partial charge is 0.261 e. The molecule has 0 atom stereocenters. The first-order chi connectivity index (χ1) is 4.27. The zero-order valence-electron chi connectivity index (χ0n) is 6.10. The molecule has 0 aliphatic rings. The van der Waals surface area contributed by atoms with E-state index in [0.717, 1.165) is 6.41 Å². The summed E-state index contributed by atoms with van der Waals surface area (Å²) in [7, 11) is -0.292. The lowest BCUT2D eigenvalue weighted by molar-refractivity contribution is -0.115. The van der Waals surface area contributed by atoms with Gasteiger partial charge < -0.3 is 4.90 Å².